The molecule has 0 bridgehead atoms. The van der Waals surface area contributed by atoms with Crippen LogP contribution >= 0.6 is 0 Å². The van der Waals surface area contributed by atoms with Crippen molar-refractivity contribution in [3.63, 3.8) is 0 Å². The summed E-state index contributed by atoms with van der Waals surface area (Å²) < 4.78 is 5.83. The number of hydrogen-bond donors (Lipinski definition) is 1. The second-order valence-corrected chi connectivity index (χ2v) is 6.79. The molecule has 1 aromatic rings. The number of rotatable bonds is 4. The number of likely N-dealkylation sites (tertiary alicyclic amines) is 1. The van der Waals surface area contributed by atoms with Gasteiger partial charge in [-0.25, -0.2) is 0 Å². The molecule has 0 aromatic heterocycles. The first kappa shape index (κ1) is 14.9. The molecule has 2 aliphatic rings. The molecule has 2 heterocycles. The molecular formula is C18H28N2O. The third kappa shape index (κ3) is 3.58. The van der Waals surface area contributed by atoms with Crippen molar-refractivity contribution < 1.29 is 4.74 Å². The quantitative estimate of drug-likeness (QED) is 0.921. The van der Waals surface area contributed by atoms with E-state index in [0.29, 0.717) is 12.0 Å². The van der Waals surface area contributed by atoms with E-state index in [0.717, 1.165) is 24.8 Å². The lowest BCUT2D eigenvalue weighted by molar-refractivity contribution is 0.180. The monoisotopic (exact) mass is 288 g/mol. The minimum Gasteiger partial charge on any atom is -0.493 e. The zero-order chi connectivity index (χ0) is 14.7. The molecule has 1 fully saturated rings. The Morgan fingerprint density at radius 1 is 1.24 bits per heavy atom. The summed E-state index contributed by atoms with van der Waals surface area (Å²) in [5.41, 5.74) is 1.33. The third-order valence-corrected chi connectivity index (χ3v) is 5.08. The van der Waals surface area contributed by atoms with Crippen LogP contribution in [0, 0.1) is 11.8 Å². The van der Waals surface area contributed by atoms with Gasteiger partial charge in [-0.05, 0) is 57.9 Å². The predicted molar refractivity (Wildman–Crippen MR) is 86.7 cm³/mol. The van der Waals surface area contributed by atoms with Crippen LogP contribution in [0.25, 0.3) is 0 Å². The Morgan fingerprint density at radius 2 is 2.00 bits per heavy atom. The number of hydrogen-bond acceptors (Lipinski definition) is 3. The molecule has 0 saturated carbocycles. The highest BCUT2D eigenvalue weighted by Gasteiger charge is 2.27. The Labute approximate surface area is 128 Å². The van der Waals surface area contributed by atoms with Crippen molar-refractivity contribution in [3.8, 4) is 5.75 Å². The number of benzene rings is 1. The molecule has 0 radical (unpaired) electrons. The maximum atomic E-state index is 5.83. The summed E-state index contributed by atoms with van der Waals surface area (Å²) in [6.45, 7) is 6.76. The summed E-state index contributed by atoms with van der Waals surface area (Å²) in [7, 11) is 2.23. The van der Waals surface area contributed by atoms with Crippen molar-refractivity contribution in [1.29, 1.82) is 0 Å². The Bertz CT molecular complexity index is 454. The Morgan fingerprint density at radius 3 is 2.81 bits per heavy atom. The SMILES string of the molecule is CC1COc2ccccc2C1NCCC1CCN(C)CC1. The maximum Gasteiger partial charge on any atom is 0.124 e. The van der Waals surface area contributed by atoms with Crippen LogP contribution in [-0.2, 0) is 0 Å². The van der Waals surface area contributed by atoms with E-state index < -0.39 is 0 Å². The summed E-state index contributed by atoms with van der Waals surface area (Å²) in [5.74, 6) is 2.50. The largest absolute Gasteiger partial charge is 0.493 e. The average Bonchev–Trinajstić information content (AvgIpc) is 2.51. The van der Waals surface area contributed by atoms with Crippen LogP contribution in [0.2, 0.25) is 0 Å². The smallest absolute Gasteiger partial charge is 0.124 e. The zero-order valence-corrected chi connectivity index (χ0v) is 13.3. The lowest BCUT2D eigenvalue weighted by Gasteiger charge is -2.33. The topological polar surface area (TPSA) is 24.5 Å². The molecule has 2 aliphatic heterocycles. The zero-order valence-electron chi connectivity index (χ0n) is 13.3. The summed E-state index contributed by atoms with van der Waals surface area (Å²) in [6, 6.07) is 8.92. The molecule has 1 saturated heterocycles. The van der Waals surface area contributed by atoms with E-state index in [4.69, 9.17) is 4.74 Å². The van der Waals surface area contributed by atoms with Crippen LogP contribution in [-0.4, -0.2) is 38.2 Å². The van der Waals surface area contributed by atoms with Gasteiger partial charge in [0.1, 0.15) is 5.75 Å². The number of piperidine rings is 1. The molecule has 116 valence electrons. The highest BCUT2D eigenvalue weighted by Crippen LogP contribution is 2.35. The van der Waals surface area contributed by atoms with Crippen LogP contribution in [0.15, 0.2) is 24.3 Å². The van der Waals surface area contributed by atoms with Gasteiger partial charge in [0, 0.05) is 17.5 Å². The third-order valence-electron chi connectivity index (χ3n) is 5.08. The van der Waals surface area contributed by atoms with Crippen LogP contribution in [0.3, 0.4) is 0 Å². The van der Waals surface area contributed by atoms with Gasteiger partial charge in [-0.15, -0.1) is 0 Å². The lowest BCUT2D eigenvalue weighted by Crippen LogP contribution is -2.36. The first-order valence-electron chi connectivity index (χ1n) is 8.37. The van der Waals surface area contributed by atoms with E-state index in [1.165, 1.54) is 37.9 Å². The minimum absolute atomic E-state index is 0.446. The standard InChI is InChI=1S/C18H28N2O/c1-14-13-21-17-6-4-3-5-16(17)18(14)19-10-7-15-8-11-20(2)12-9-15/h3-6,14-15,18-19H,7-13H2,1-2H3. The highest BCUT2D eigenvalue weighted by atomic mass is 16.5. The predicted octanol–water partition coefficient (Wildman–Crippen LogP) is 3.08. The summed E-state index contributed by atoms with van der Waals surface area (Å²) in [6.07, 6.45) is 4.02. The molecule has 3 rings (SSSR count). The average molecular weight is 288 g/mol. The van der Waals surface area contributed by atoms with E-state index >= 15 is 0 Å². The molecule has 0 amide bonds. The Kier molecular flexibility index (Phi) is 4.81. The fourth-order valence-corrected chi connectivity index (χ4v) is 3.60. The van der Waals surface area contributed by atoms with Gasteiger partial charge in [0.05, 0.1) is 6.61 Å². The van der Waals surface area contributed by atoms with Crippen LogP contribution in [0.5, 0.6) is 5.75 Å². The van der Waals surface area contributed by atoms with Crippen LogP contribution < -0.4 is 10.1 Å². The lowest BCUT2D eigenvalue weighted by atomic mass is 9.90. The van der Waals surface area contributed by atoms with E-state index in [9.17, 15) is 0 Å². The van der Waals surface area contributed by atoms with Crippen LogP contribution in [0.4, 0.5) is 0 Å². The van der Waals surface area contributed by atoms with Crippen molar-refractivity contribution in [3.05, 3.63) is 29.8 Å². The van der Waals surface area contributed by atoms with Gasteiger partial charge in [0.15, 0.2) is 0 Å². The molecular weight excluding hydrogens is 260 g/mol. The first-order valence-corrected chi connectivity index (χ1v) is 8.37. The number of nitrogens with one attached hydrogen (secondary N) is 1. The van der Waals surface area contributed by atoms with E-state index in [1.807, 2.05) is 0 Å². The van der Waals surface area contributed by atoms with Gasteiger partial charge >= 0.3 is 0 Å². The second kappa shape index (κ2) is 6.80. The van der Waals surface area contributed by atoms with E-state index in [2.05, 4.69) is 48.5 Å². The van der Waals surface area contributed by atoms with Gasteiger partial charge < -0.3 is 15.0 Å². The van der Waals surface area contributed by atoms with Crippen LogP contribution in [0.1, 0.15) is 37.8 Å². The van der Waals surface area contributed by atoms with Crippen molar-refractivity contribution in [1.82, 2.24) is 10.2 Å². The van der Waals surface area contributed by atoms with Crippen molar-refractivity contribution >= 4 is 0 Å². The Balaban J connectivity index is 1.53. The Hall–Kier alpha value is -1.06. The number of para-hydroxylation sites is 1. The molecule has 3 nitrogen and oxygen atoms in total. The molecule has 2 atom stereocenters. The molecule has 1 N–H and O–H groups in total. The number of nitrogens with zero attached hydrogens (tertiary/aromatic N) is 1. The fraction of sp³-hybridized carbons (Fsp3) is 0.667. The number of fused-ring (bicyclic) bond motifs is 1. The second-order valence-electron chi connectivity index (χ2n) is 6.79. The maximum absolute atomic E-state index is 5.83. The minimum atomic E-state index is 0.446. The summed E-state index contributed by atoms with van der Waals surface area (Å²) in [5, 5.41) is 3.79. The molecule has 1 aromatic carbocycles. The highest BCUT2D eigenvalue weighted by molar-refractivity contribution is 5.37. The summed E-state index contributed by atoms with van der Waals surface area (Å²) >= 11 is 0. The molecule has 2 unspecified atom stereocenters. The molecule has 0 aliphatic carbocycles. The fourth-order valence-electron chi connectivity index (χ4n) is 3.60. The van der Waals surface area contributed by atoms with Gasteiger partial charge in [-0.1, -0.05) is 25.1 Å². The normalized spacial score (nSPS) is 27.1. The summed E-state index contributed by atoms with van der Waals surface area (Å²) in [4.78, 5) is 2.45. The number of ether oxygens (including phenoxy) is 1. The van der Waals surface area contributed by atoms with Gasteiger partial charge in [0.2, 0.25) is 0 Å². The van der Waals surface area contributed by atoms with Gasteiger partial charge in [0.25, 0.3) is 0 Å². The first-order chi connectivity index (χ1) is 10.2. The van der Waals surface area contributed by atoms with E-state index in [-0.39, 0.29) is 0 Å². The van der Waals surface area contributed by atoms with E-state index in [1.54, 1.807) is 0 Å². The van der Waals surface area contributed by atoms with Crippen molar-refractivity contribution in [2.24, 2.45) is 11.8 Å². The molecule has 21 heavy (non-hydrogen) atoms. The van der Waals surface area contributed by atoms with Gasteiger partial charge in [-0.3, -0.25) is 0 Å². The molecule has 3 heteroatoms. The van der Waals surface area contributed by atoms with Gasteiger partial charge in [-0.2, -0.15) is 0 Å². The van der Waals surface area contributed by atoms with Crippen molar-refractivity contribution in [2.45, 2.75) is 32.2 Å². The molecule has 0 spiro atoms. The van der Waals surface area contributed by atoms with Crippen molar-refractivity contribution in [2.75, 3.05) is 33.3 Å².